The molecule has 5 unspecified atom stereocenters. The lowest BCUT2D eigenvalue weighted by atomic mass is 9.51. The maximum absolute atomic E-state index is 13.2. The molecule has 4 N–H and O–H groups in total. The lowest BCUT2D eigenvalue weighted by molar-refractivity contribution is -0.133. The molecule has 0 aromatic heterocycles. The number of amides is 1. The highest BCUT2D eigenvalue weighted by Crippen LogP contribution is 2.40. The Balaban J connectivity index is 2.64. The average Bonchev–Trinajstić information content (AvgIpc) is 2.79. The highest BCUT2D eigenvalue weighted by molar-refractivity contribution is 8.04. The number of nitrogens with two attached hydrogens (primary N) is 1. The summed E-state index contributed by atoms with van der Waals surface area (Å²) in [6, 6.07) is -0.643. The molecule has 1 saturated carbocycles. The number of ether oxygens (including phenoxy) is 1. The summed E-state index contributed by atoms with van der Waals surface area (Å²) in [7, 11) is 4.68. The number of hydrogen-bond donors (Lipinski definition) is 3. The Hall–Kier alpha value is -0.350. The van der Waals surface area contributed by atoms with Crippen LogP contribution in [0, 0.1) is 5.41 Å². The van der Waals surface area contributed by atoms with Gasteiger partial charge < -0.3 is 30.7 Å². The molecule has 0 aliphatic heterocycles. The van der Waals surface area contributed by atoms with Crippen LogP contribution in [0.4, 0.5) is 0 Å². The highest BCUT2D eigenvalue weighted by Gasteiger charge is 2.36. The van der Waals surface area contributed by atoms with Crippen LogP contribution in [0.5, 0.6) is 0 Å². The van der Waals surface area contributed by atoms with Crippen molar-refractivity contribution in [2.24, 2.45) is 11.1 Å². The molecule has 0 saturated heterocycles. The van der Waals surface area contributed by atoms with Gasteiger partial charge in [0.15, 0.2) is 14.3 Å². The molecule has 0 radical (unpaired) electrons. The molecule has 13 heteroatoms. The molecule has 214 valence electrons. The van der Waals surface area contributed by atoms with E-state index in [1.165, 1.54) is 0 Å². The lowest BCUT2D eigenvalue weighted by Crippen LogP contribution is -2.51. The maximum Gasteiger partial charge on any atom is 0.226 e. The minimum atomic E-state index is -0.692. The number of nitrogens with one attached hydrogen (secondary N) is 2. The summed E-state index contributed by atoms with van der Waals surface area (Å²) in [5.41, 5.74) is 4.99. The van der Waals surface area contributed by atoms with Crippen molar-refractivity contribution >= 4 is 70.6 Å². The van der Waals surface area contributed by atoms with Gasteiger partial charge in [0.25, 0.3) is 0 Å². The lowest BCUT2D eigenvalue weighted by Gasteiger charge is -2.38. The van der Waals surface area contributed by atoms with E-state index in [-0.39, 0.29) is 28.9 Å². The second kappa shape index (κ2) is 16.2. The standard InChI is InChI=1S/C25H51B4N3O4S2/c1-8-11-25(7,30)36-13-12-24(5,6)22(35)31-16(20(33)28-26)14-37-18-9-10-19(18)38-15-17(21(34)29-27)32-23(2,3)4/h16-19,28-29,32H,8-15,26-27,30H2,1-7H3,(H,31,35). The van der Waals surface area contributed by atoms with Crippen LogP contribution < -0.4 is 16.4 Å². The Morgan fingerprint density at radius 2 is 1.45 bits per heavy atom. The Labute approximate surface area is 243 Å². The fourth-order valence-corrected chi connectivity index (χ4v) is 7.48. The monoisotopic (exact) mass is 565 g/mol. The van der Waals surface area contributed by atoms with Gasteiger partial charge in [-0.1, -0.05) is 27.2 Å². The molecule has 1 aliphatic carbocycles. The number of hydrogen-bond acceptors (Lipinski definition) is 8. The Kier molecular flexibility index (Phi) is 15.2. The first kappa shape index (κ1) is 35.7. The minimum Gasteiger partial charge on any atom is -0.361 e. The summed E-state index contributed by atoms with van der Waals surface area (Å²) in [4.78, 5) is 38.3. The molecule has 0 aromatic rings. The van der Waals surface area contributed by atoms with Crippen molar-refractivity contribution in [3.63, 3.8) is 0 Å². The summed E-state index contributed by atoms with van der Waals surface area (Å²) in [6.07, 6.45) is 4.43. The number of rotatable bonds is 19. The van der Waals surface area contributed by atoms with Crippen LogP contribution in [-0.4, -0.2) is 99.0 Å². The van der Waals surface area contributed by atoms with E-state index in [1.807, 2.05) is 48.0 Å². The van der Waals surface area contributed by atoms with Gasteiger partial charge in [-0.3, -0.25) is 4.79 Å². The molecular formula is C25H51B4N3O4S2. The van der Waals surface area contributed by atoms with Gasteiger partial charge in [0, 0.05) is 39.6 Å². The molecule has 1 rings (SSSR count). The summed E-state index contributed by atoms with van der Waals surface area (Å²) >= 11 is 3.64. The van der Waals surface area contributed by atoms with Crippen molar-refractivity contribution in [2.75, 3.05) is 18.1 Å². The van der Waals surface area contributed by atoms with Crippen molar-refractivity contribution in [1.29, 1.82) is 0 Å². The molecule has 5 atom stereocenters. The normalized spacial score (nSPS) is 20.9. The number of thioether (sulfide) groups is 2. The van der Waals surface area contributed by atoms with E-state index in [4.69, 9.17) is 10.5 Å². The van der Waals surface area contributed by atoms with Gasteiger partial charge in [-0.25, -0.2) is 0 Å². The van der Waals surface area contributed by atoms with E-state index in [0.29, 0.717) is 43.6 Å². The second-order valence-electron chi connectivity index (χ2n) is 12.5. The Morgan fingerprint density at radius 1 is 0.947 bits per heavy atom. The molecule has 0 bridgehead atoms. The summed E-state index contributed by atoms with van der Waals surface area (Å²) in [5.74, 6) is 1.20. The first-order valence-electron chi connectivity index (χ1n) is 14.3. The predicted octanol–water partition coefficient (Wildman–Crippen LogP) is 0.156. The van der Waals surface area contributed by atoms with E-state index in [1.54, 1.807) is 11.8 Å². The smallest absolute Gasteiger partial charge is 0.226 e. The van der Waals surface area contributed by atoms with Crippen LogP contribution in [0.3, 0.4) is 0 Å². The maximum atomic E-state index is 13.2. The van der Waals surface area contributed by atoms with Gasteiger partial charge in [-0.2, -0.15) is 23.5 Å². The largest absolute Gasteiger partial charge is 0.361 e. The van der Waals surface area contributed by atoms with Crippen LogP contribution in [0.1, 0.15) is 80.6 Å². The summed E-state index contributed by atoms with van der Waals surface area (Å²) < 4.78 is 5.83. The molecule has 0 heterocycles. The third-order valence-corrected chi connectivity index (χ3v) is 10.2. The van der Waals surface area contributed by atoms with Crippen LogP contribution in [0.25, 0.3) is 0 Å². The van der Waals surface area contributed by atoms with Gasteiger partial charge in [0.05, 0.1) is 33.2 Å². The first-order chi connectivity index (χ1) is 17.5. The molecule has 1 amide bonds. The molecule has 0 aromatic carbocycles. The number of carbonyl (C=O) groups excluding carboxylic acids is 3. The first-order valence-corrected chi connectivity index (χ1v) is 16.4. The molecule has 7 nitrogen and oxygen atoms in total. The molecule has 1 fully saturated rings. The third-order valence-electron chi connectivity index (χ3n) is 7.01. The van der Waals surface area contributed by atoms with Crippen molar-refractivity contribution in [1.82, 2.24) is 10.6 Å². The molecular weight excluding hydrogens is 514 g/mol. The highest BCUT2D eigenvalue weighted by atomic mass is 32.2. The van der Waals surface area contributed by atoms with E-state index in [9.17, 15) is 14.4 Å². The van der Waals surface area contributed by atoms with E-state index in [0.717, 1.165) is 31.4 Å². The van der Waals surface area contributed by atoms with Crippen molar-refractivity contribution < 1.29 is 19.1 Å². The third kappa shape index (κ3) is 12.9. The zero-order valence-corrected chi connectivity index (χ0v) is 27.0. The zero-order chi connectivity index (χ0) is 29.1. The van der Waals surface area contributed by atoms with Gasteiger partial charge in [-0.15, -0.1) is 0 Å². The topological polar surface area (TPSA) is 111 Å². The zero-order valence-electron chi connectivity index (χ0n) is 25.4. The van der Waals surface area contributed by atoms with E-state index in [2.05, 4.69) is 38.3 Å². The van der Waals surface area contributed by atoms with Crippen molar-refractivity contribution in [3.8, 4) is 0 Å². The molecule has 0 spiro atoms. The quantitative estimate of drug-likeness (QED) is 0.150. The minimum absolute atomic E-state index is 0.0573. The Bertz CT molecular complexity index is 784. The van der Waals surface area contributed by atoms with E-state index < -0.39 is 17.2 Å². The molecule has 1 aliphatic rings. The fourth-order valence-electron chi connectivity index (χ4n) is 4.28. The Morgan fingerprint density at radius 3 is 1.89 bits per heavy atom. The van der Waals surface area contributed by atoms with Gasteiger partial charge in [-0.05, 0) is 53.4 Å². The summed E-state index contributed by atoms with van der Waals surface area (Å²) in [5, 5.41) is 7.41. The predicted molar refractivity (Wildman–Crippen MR) is 174 cm³/mol. The number of carbonyl (C=O) groups is 3. The summed E-state index contributed by atoms with van der Waals surface area (Å²) in [6.45, 7) is 14.4. The van der Waals surface area contributed by atoms with Crippen LogP contribution >= 0.6 is 23.5 Å². The van der Waals surface area contributed by atoms with Gasteiger partial charge in [0.2, 0.25) is 5.91 Å². The SMILES string of the molecule is BBC(=O)C(CSC1CCC1SCC(NC(C)(C)C)C(=O)BB)NC(=O)C(C)(C)CCOC(C)(N)CCC. The van der Waals surface area contributed by atoms with Gasteiger partial charge in [0.1, 0.15) is 11.4 Å². The van der Waals surface area contributed by atoms with E-state index >= 15 is 0 Å². The van der Waals surface area contributed by atoms with Crippen molar-refractivity contribution in [3.05, 3.63) is 0 Å². The average molecular weight is 565 g/mol. The van der Waals surface area contributed by atoms with Crippen LogP contribution in [-0.2, 0) is 19.1 Å². The van der Waals surface area contributed by atoms with Crippen LogP contribution in [0.15, 0.2) is 0 Å². The van der Waals surface area contributed by atoms with Crippen LogP contribution in [0.2, 0.25) is 0 Å². The fraction of sp³-hybridized carbons (Fsp3) is 0.880. The van der Waals surface area contributed by atoms with Gasteiger partial charge >= 0.3 is 0 Å². The van der Waals surface area contributed by atoms with Crippen molar-refractivity contribution in [2.45, 2.75) is 114 Å². The second-order valence-corrected chi connectivity index (χ2v) is 15.0. The molecule has 38 heavy (non-hydrogen) atoms.